The zero-order valence-electron chi connectivity index (χ0n) is 30.7. The predicted octanol–water partition coefficient (Wildman–Crippen LogP) is 12.4. The van der Waals surface area contributed by atoms with Crippen molar-refractivity contribution < 1.29 is 23.9 Å². The number of ether oxygens (including phenoxy) is 2. The topological polar surface area (TPSA) is 69.7 Å². The van der Waals surface area contributed by atoms with E-state index >= 15 is 0 Å². The van der Waals surface area contributed by atoms with E-state index in [2.05, 4.69) is 13.8 Å². The van der Waals surface area contributed by atoms with Crippen molar-refractivity contribution in [3.05, 3.63) is 0 Å². The van der Waals surface area contributed by atoms with Gasteiger partial charge in [-0.3, -0.25) is 14.4 Å². The smallest absolute Gasteiger partial charge is 0.320 e. The third-order valence-corrected chi connectivity index (χ3v) is 9.98. The summed E-state index contributed by atoms with van der Waals surface area (Å²) in [6.45, 7) is 5.23. The van der Waals surface area contributed by atoms with Gasteiger partial charge in [0.2, 0.25) is 0 Å². The van der Waals surface area contributed by atoms with Gasteiger partial charge in [-0.1, -0.05) is 181 Å². The van der Waals surface area contributed by atoms with Crippen LogP contribution in [-0.2, 0) is 23.9 Å². The van der Waals surface area contributed by atoms with Crippen LogP contribution in [0.4, 0.5) is 0 Å². The number of Topliss-reactive ketones (excluding diaryl/α,β-unsaturated/α-hetero) is 1. The van der Waals surface area contributed by atoms with Gasteiger partial charge in [0.25, 0.3) is 0 Å². The quantitative estimate of drug-likeness (QED) is 0.0402. The van der Waals surface area contributed by atoms with Crippen molar-refractivity contribution in [2.45, 2.75) is 219 Å². The van der Waals surface area contributed by atoms with Crippen LogP contribution in [0.25, 0.3) is 0 Å². The summed E-state index contributed by atoms with van der Waals surface area (Å²) in [5, 5.41) is 0. The van der Waals surface area contributed by atoms with Crippen LogP contribution in [0.1, 0.15) is 219 Å². The molecule has 0 bridgehead atoms. The summed E-state index contributed by atoms with van der Waals surface area (Å²) < 4.78 is 11.2. The van der Waals surface area contributed by atoms with Gasteiger partial charge in [0.15, 0.2) is 5.92 Å². The molecule has 1 unspecified atom stereocenters. The summed E-state index contributed by atoms with van der Waals surface area (Å²) in [5.74, 6) is -2.07. The normalized spacial score (nSPS) is 15.0. The minimum atomic E-state index is -0.956. The molecule has 1 aliphatic rings. The van der Waals surface area contributed by atoms with E-state index in [4.69, 9.17) is 9.47 Å². The Morgan fingerprint density at radius 3 is 1.13 bits per heavy atom. The lowest BCUT2D eigenvalue weighted by atomic mass is 9.79. The molecule has 46 heavy (non-hydrogen) atoms. The fourth-order valence-electron chi connectivity index (χ4n) is 6.94. The van der Waals surface area contributed by atoms with E-state index in [9.17, 15) is 14.4 Å². The first-order valence-electron chi connectivity index (χ1n) is 20.4. The first-order chi connectivity index (χ1) is 22.6. The minimum absolute atomic E-state index is 0.140. The van der Waals surface area contributed by atoms with Gasteiger partial charge in [0.05, 0.1) is 13.2 Å². The van der Waals surface area contributed by atoms with Crippen LogP contribution < -0.4 is 0 Å². The van der Waals surface area contributed by atoms with Gasteiger partial charge in [0, 0.05) is 12.8 Å². The average Bonchev–Trinajstić information content (AvgIpc) is 3.05. The number of rotatable bonds is 33. The lowest BCUT2D eigenvalue weighted by molar-refractivity contribution is -0.165. The summed E-state index contributed by atoms with van der Waals surface area (Å²) in [4.78, 5) is 38.2. The van der Waals surface area contributed by atoms with E-state index in [1.165, 1.54) is 141 Å². The van der Waals surface area contributed by atoms with Gasteiger partial charge in [-0.25, -0.2) is 0 Å². The Hall–Kier alpha value is -1.39. The lowest BCUT2D eigenvalue weighted by Crippen LogP contribution is -2.37. The summed E-state index contributed by atoms with van der Waals surface area (Å²) in [6.07, 6.45) is 38.1. The predicted molar refractivity (Wildman–Crippen MR) is 193 cm³/mol. The van der Waals surface area contributed by atoms with Crippen LogP contribution >= 0.6 is 0 Å². The highest BCUT2D eigenvalue weighted by atomic mass is 16.6. The molecule has 0 heterocycles. The number of hydrogen-bond acceptors (Lipinski definition) is 5. The molecule has 1 fully saturated rings. The molecule has 1 rings (SSSR count). The van der Waals surface area contributed by atoms with Crippen molar-refractivity contribution in [1.29, 1.82) is 0 Å². The second-order valence-corrected chi connectivity index (χ2v) is 14.4. The van der Waals surface area contributed by atoms with Crippen molar-refractivity contribution in [3.8, 4) is 0 Å². The van der Waals surface area contributed by atoms with E-state index in [-0.39, 0.29) is 18.1 Å². The highest BCUT2D eigenvalue weighted by Gasteiger charge is 2.39. The Morgan fingerprint density at radius 1 is 0.522 bits per heavy atom. The van der Waals surface area contributed by atoms with Gasteiger partial charge < -0.3 is 9.47 Å². The van der Waals surface area contributed by atoms with E-state index in [0.717, 1.165) is 44.9 Å². The molecule has 0 aromatic rings. The van der Waals surface area contributed by atoms with E-state index in [1.807, 2.05) is 0 Å². The Balaban J connectivity index is 2.14. The first-order valence-corrected chi connectivity index (χ1v) is 20.4. The number of esters is 2. The molecule has 0 amide bonds. The molecule has 0 spiro atoms. The first kappa shape index (κ1) is 42.6. The zero-order chi connectivity index (χ0) is 33.3. The summed E-state index contributed by atoms with van der Waals surface area (Å²) in [7, 11) is 0. The minimum Gasteiger partial charge on any atom is -0.465 e. The molecule has 270 valence electrons. The van der Waals surface area contributed by atoms with Crippen LogP contribution in [0.2, 0.25) is 0 Å². The SMILES string of the molecule is CCCCCCCCCCCCCCCCOC(=O)C(C(=O)OCCCCCCCCCCCCCCCC)C1CCCC(=O)C1. The third kappa shape index (κ3) is 24.7. The van der Waals surface area contributed by atoms with E-state index in [0.29, 0.717) is 26.1 Å². The van der Waals surface area contributed by atoms with Gasteiger partial charge in [-0.05, 0) is 31.6 Å². The van der Waals surface area contributed by atoms with Gasteiger partial charge in [-0.2, -0.15) is 0 Å². The van der Waals surface area contributed by atoms with E-state index < -0.39 is 17.9 Å². The van der Waals surface area contributed by atoms with Crippen LogP contribution in [0.5, 0.6) is 0 Å². The fraction of sp³-hybridized carbons (Fsp3) is 0.927. The monoisotopic (exact) mass is 649 g/mol. The lowest BCUT2D eigenvalue weighted by Gasteiger charge is -2.26. The van der Waals surface area contributed by atoms with Crippen molar-refractivity contribution in [2.24, 2.45) is 11.8 Å². The van der Waals surface area contributed by atoms with E-state index in [1.54, 1.807) is 0 Å². The van der Waals surface area contributed by atoms with Gasteiger partial charge >= 0.3 is 11.9 Å². The Morgan fingerprint density at radius 2 is 0.826 bits per heavy atom. The summed E-state index contributed by atoms with van der Waals surface area (Å²) in [6, 6.07) is 0. The van der Waals surface area contributed by atoms with Crippen molar-refractivity contribution in [1.82, 2.24) is 0 Å². The second kappa shape index (κ2) is 32.2. The van der Waals surface area contributed by atoms with Crippen LogP contribution in [0, 0.1) is 11.8 Å². The Bertz CT molecular complexity index is 674. The third-order valence-electron chi connectivity index (χ3n) is 9.98. The average molecular weight is 649 g/mol. The molecule has 0 saturated heterocycles. The van der Waals surface area contributed by atoms with Gasteiger partial charge in [-0.15, -0.1) is 0 Å². The molecule has 1 atom stereocenters. The fourth-order valence-corrected chi connectivity index (χ4v) is 6.94. The molecule has 0 aromatic heterocycles. The molecular weight excluding hydrogens is 572 g/mol. The Labute approximate surface area is 285 Å². The number of ketones is 1. The van der Waals surface area contributed by atoms with Gasteiger partial charge in [0.1, 0.15) is 5.78 Å². The summed E-state index contributed by atoms with van der Waals surface area (Å²) >= 11 is 0. The molecule has 0 N–H and O–H groups in total. The van der Waals surface area contributed by atoms with Crippen molar-refractivity contribution in [3.63, 3.8) is 0 Å². The highest BCUT2D eigenvalue weighted by Crippen LogP contribution is 2.30. The largest absolute Gasteiger partial charge is 0.465 e. The standard InChI is InChI=1S/C41H76O5/c1-3-5-7-9-11-13-15-17-19-21-23-25-27-29-34-45-40(43)39(37-32-31-33-38(42)36-37)41(44)46-35-30-28-26-24-22-20-18-16-14-12-10-8-6-4-2/h37,39H,3-36H2,1-2H3. The van der Waals surface area contributed by atoms with Crippen LogP contribution in [-0.4, -0.2) is 30.9 Å². The number of unbranched alkanes of at least 4 members (excludes halogenated alkanes) is 26. The summed E-state index contributed by atoms with van der Waals surface area (Å²) in [5.41, 5.74) is 0. The van der Waals surface area contributed by atoms with Crippen LogP contribution in [0.3, 0.4) is 0 Å². The van der Waals surface area contributed by atoms with Crippen LogP contribution in [0.15, 0.2) is 0 Å². The molecular formula is C41H76O5. The molecule has 0 aliphatic heterocycles. The molecule has 5 heteroatoms. The number of carbonyl (C=O) groups excluding carboxylic acids is 3. The molecule has 1 saturated carbocycles. The molecule has 0 radical (unpaired) electrons. The maximum absolute atomic E-state index is 13.1. The molecule has 1 aliphatic carbocycles. The number of carbonyl (C=O) groups is 3. The maximum Gasteiger partial charge on any atom is 0.320 e. The molecule has 5 nitrogen and oxygen atoms in total. The maximum atomic E-state index is 13.1. The zero-order valence-corrected chi connectivity index (χ0v) is 30.7. The highest BCUT2D eigenvalue weighted by molar-refractivity contribution is 5.96. The number of hydrogen-bond donors (Lipinski definition) is 0. The van der Waals surface area contributed by atoms with Crippen molar-refractivity contribution >= 4 is 17.7 Å². The second-order valence-electron chi connectivity index (χ2n) is 14.4. The molecule has 0 aromatic carbocycles. The Kier molecular flexibility index (Phi) is 29.8. The van der Waals surface area contributed by atoms with Crippen molar-refractivity contribution in [2.75, 3.05) is 13.2 Å².